The van der Waals surface area contributed by atoms with Crippen molar-refractivity contribution in [2.45, 2.75) is 102 Å². The first kappa shape index (κ1) is 23.9. The van der Waals surface area contributed by atoms with Crippen LogP contribution < -0.4 is 10.1 Å². The summed E-state index contributed by atoms with van der Waals surface area (Å²) in [6.45, 7) is 8.39. The summed E-state index contributed by atoms with van der Waals surface area (Å²) in [5.74, 6) is 1.16. The van der Waals surface area contributed by atoms with Gasteiger partial charge >= 0.3 is 6.09 Å². The molecular formula is C26H38N2O5. The van der Waals surface area contributed by atoms with Gasteiger partial charge in [0, 0.05) is 6.54 Å². The second kappa shape index (κ2) is 9.92. The van der Waals surface area contributed by atoms with E-state index in [-0.39, 0.29) is 24.1 Å². The average Bonchev–Trinajstić information content (AvgIpc) is 2.77. The minimum atomic E-state index is -0.619. The molecule has 1 saturated carbocycles. The molecule has 2 bridgehead atoms. The van der Waals surface area contributed by atoms with Gasteiger partial charge in [-0.15, -0.1) is 0 Å². The van der Waals surface area contributed by atoms with Crippen molar-refractivity contribution in [2.75, 3.05) is 13.2 Å². The number of benzene rings is 1. The highest BCUT2D eigenvalue weighted by Crippen LogP contribution is 2.39. The van der Waals surface area contributed by atoms with Gasteiger partial charge in [-0.05, 0) is 83.8 Å². The topological polar surface area (TPSA) is 77.1 Å². The molecule has 3 aliphatic heterocycles. The highest BCUT2D eigenvalue weighted by atomic mass is 16.6. The van der Waals surface area contributed by atoms with E-state index in [4.69, 9.17) is 14.2 Å². The Kier molecular flexibility index (Phi) is 7.17. The average molecular weight is 459 g/mol. The molecule has 2 fully saturated rings. The number of para-hydroxylation sites is 1. The van der Waals surface area contributed by atoms with Crippen LogP contribution in [0.1, 0.15) is 77.7 Å². The normalized spacial score (nSPS) is 30.6. The SMILES string of the molecule is C[C@H]1Oc2ccccc2C2CCC(CC2)OC[C@H]2[C@@H](NC(=O)OC(C)(C)C)CCCN2C1=O. The van der Waals surface area contributed by atoms with Gasteiger partial charge in [0.15, 0.2) is 6.10 Å². The van der Waals surface area contributed by atoms with Crippen LogP contribution in [0.5, 0.6) is 5.75 Å². The number of fused-ring (bicyclic) bond motifs is 5. The first-order valence-corrected chi connectivity index (χ1v) is 12.4. The summed E-state index contributed by atoms with van der Waals surface area (Å²) in [5, 5.41) is 3.02. The second-order valence-electron chi connectivity index (χ2n) is 10.6. The van der Waals surface area contributed by atoms with Gasteiger partial charge in [0.1, 0.15) is 11.4 Å². The molecule has 0 aromatic heterocycles. The number of piperidine rings is 1. The standard InChI is InChI=1S/C26H38N2O5/c1-17-24(29)28-15-7-9-21(27-25(30)33-26(2,3)4)22(28)16-31-19-13-11-18(12-14-19)20-8-5-6-10-23(20)32-17/h5-6,8,10,17-19,21-22H,7,9,11-16H2,1-4H3,(H,27,30)/t17-,18?,19?,21+,22+/m1/s1. The van der Waals surface area contributed by atoms with Crippen LogP contribution in [0.15, 0.2) is 24.3 Å². The molecule has 3 atom stereocenters. The van der Waals surface area contributed by atoms with Gasteiger partial charge in [0.2, 0.25) is 0 Å². The van der Waals surface area contributed by atoms with Crippen molar-refractivity contribution in [3.05, 3.63) is 29.8 Å². The Hall–Kier alpha value is -2.28. The molecular weight excluding hydrogens is 420 g/mol. The van der Waals surface area contributed by atoms with Crippen molar-refractivity contribution in [1.29, 1.82) is 0 Å². The molecule has 7 nitrogen and oxygen atoms in total. The van der Waals surface area contributed by atoms with Gasteiger partial charge in [-0.3, -0.25) is 4.79 Å². The van der Waals surface area contributed by atoms with Crippen LogP contribution in [0, 0.1) is 0 Å². The fraction of sp³-hybridized carbons (Fsp3) is 0.692. The third kappa shape index (κ3) is 5.81. The first-order chi connectivity index (χ1) is 15.7. The summed E-state index contributed by atoms with van der Waals surface area (Å²) in [7, 11) is 0. The molecule has 33 heavy (non-hydrogen) atoms. The lowest BCUT2D eigenvalue weighted by Crippen LogP contribution is -2.61. The van der Waals surface area contributed by atoms with E-state index in [1.165, 1.54) is 5.56 Å². The Morgan fingerprint density at radius 2 is 1.85 bits per heavy atom. The molecule has 1 N–H and O–H groups in total. The summed E-state index contributed by atoms with van der Waals surface area (Å²) in [5.41, 5.74) is 0.610. The number of amides is 2. The number of ether oxygens (including phenoxy) is 3. The molecule has 4 aliphatic rings. The van der Waals surface area contributed by atoms with Crippen molar-refractivity contribution in [3.8, 4) is 5.75 Å². The number of nitrogens with one attached hydrogen (secondary N) is 1. The van der Waals surface area contributed by atoms with Crippen LogP contribution >= 0.6 is 0 Å². The molecule has 7 heteroatoms. The van der Waals surface area contributed by atoms with Crippen LogP contribution in [-0.2, 0) is 14.3 Å². The smallest absolute Gasteiger partial charge is 0.407 e. The van der Waals surface area contributed by atoms with Gasteiger partial charge in [-0.2, -0.15) is 0 Å². The Balaban J connectivity index is 1.58. The van der Waals surface area contributed by atoms with Crippen LogP contribution in [0.2, 0.25) is 0 Å². The van der Waals surface area contributed by atoms with Crippen molar-refractivity contribution in [2.24, 2.45) is 0 Å². The number of alkyl carbamates (subject to hydrolysis) is 1. The Morgan fingerprint density at radius 1 is 1.12 bits per heavy atom. The van der Waals surface area contributed by atoms with E-state index in [1.807, 2.05) is 50.8 Å². The zero-order valence-electron chi connectivity index (χ0n) is 20.3. The minimum absolute atomic E-state index is 0.0688. The van der Waals surface area contributed by atoms with Crippen molar-refractivity contribution >= 4 is 12.0 Å². The van der Waals surface area contributed by atoms with Crippen LogP contribution in [0.4, 0.5) is 4.79 Å². The van der Waals surface area contributed by atoms with E-state index in [0.29, 0.717) is 19.1 Å². The summed E-state index contributed by atoms with van der Waals surface area (Å²) in [6, 6.07) is 7.64. The van der Waals surface area contributed by atoms with E-state index in [9.17, 15) is 9.59 Å². The Bertz CT molecular complexity index is 843. The third-order valence-corrected chi connectivity index (χ3v) is 6.95. The molecule has 1 aromatic rings. The summed E-state index contributed by atoms with van der Waals surface area (Å²) < 4.78 is 18.1. The Labute approximate surface area is 197 Å². The fourth-order valence-electron chi connectivity index (χ4n) is 5.34. The van der Waals surface area contributed by atoms with Crippen molar-refractivity contribution in [3.63, 3.8) is 0 Å². The number of hydrogen-bond acceptors (Lipinski definition) is 5. The molecule has 0 radical (unpaired) electrons. The number of hydrogen-bond donors (Lipinski definition) is 1. The lowest BCUT2D eigenvalue weighted by molar-refractivity contribution is -0.145. The van der Waals surface area contributed by atoms with Crippen LogP contribution in [0.3, 0.4) is 0 Å². The first-order valence-electron chi connectivity index (χ1n) is 12.4. The summed E-state index contributed by atoms with van der Waals surface area (Å²) >= 11 is 0. The maximum atomic E-state index is 13.5. The van der Waals surface area contributed by atoms with E-state index in [2.05, 4.69) is 11.4 Å². The molecule has 3 heterocycles. The van der Waals surface area contributed by atoms with Gasteiger partial charge in [0.05, 0.1) is 24.8 Å². The van der Waals surface area contributed by atoms with Crippen LogP contribution in [-0.4, -0.2) is 59.9 Å². The molecule has 1 aliphatic carbocycles. The summed E-state index contributed by atoms with van der Waals surface area (Å²) in [6.07, 6.45) is 4.74. The predicted octanol–water partition coefficient (Wildman–Crippen LogP) is 4.39. The zero-order chi connectivity index (χ0) is 23.6. The van der Waals surface area contributed by atoms with E-state index in [1.54, 1.807) is 0 Å². The van der Waals surface area contributed by atoms with Gasteiger partial charge in [-0.1, -0.05) is 18.2 Å². The monoisotopic (exact) mass is 458 g/mol. The van der Waals surface area contributed by atoms with Crippen molar-refractivity contribution in [1.82, 2.24) is 10.2 Å². The predicted molar refractivity (Wildman–Crippen MR) is 125 cm³/mol. The highest BCUT2D eigenvalue weighted by Gasteiger charge is 2.39. The highest BCUT2D eigenvalue weighted by molar-refractivity contribution is 5.81. The van der Waals surface area contributed by atoms with E-state index in [0.717, 1.165) is 44.3 Å². The number of rotatable bonds is 1. The van der Waals surface area contributed by atoms with Gasteiger partial charge < -0.3 is 24.4 Å². The number of nitrogens with zero attached hydrogens (tertiary/aromatic N) is 1. The third-order valence-electron chi connectivity index (χ3n) is 6.95. The lowest BCUT2D eigenvalue weighted by Gasteiger charge is -2.42. The Morgan fingerprint density at radius 3 is 2.58 bits per heavy atom. The van der Waals surface area contributed by atoms with E-state index < -0.39 is 17.8 Å². The zero-order valence-corrected chi connectivity index (χ0v) is 20.3. The maximum Gasteiger partial charge on any atom is 0.407 e. The maximum absolute atomic E-state index is 13.5. The largest absolute Gasteiger partial charge is 0.481 e. The molecule has 1 aromatic carbocycles. The number of carbonyl (C=O) groups is 2. The minimum Gasteiger partial charge on any atom is -0.481 e. The van der Waals surface area contributed by atoms with Crippen molar-refractivity contribution < 1.29 is 23.8 Å². The quantitative estimate of drug-likeness (QED) is 0.675. The lowest BCUT2D eigenvalue weighted by atomic mass is 9.82. The number of carbonyl (C=O) groups excluding carboxylic acids is 2. The molecule has 182 valence electrons. The molecule has 1 saturated heterocycles. The summed E-state index contributed by atoms with van der Waals surface area (Å²) in [4.78, 5) is 27.9. The fourth-order valence-corrected chi connectivity index (χ4v) is 5.34. The van der Waals surface area contributed by atoms with Crippen LogP contribution in [0.25, 0.3) is 0 Å². The van der Waals surface area contributed by atoms with Gasteiger partial charge in [0.25, 0.3) is 5.91 Å². The van der Waals surface area contributed by atoms with Gasteiger partial charge in [-0.25, -0.2) is 4.79 Å². The molecule has 0 unspecified atom stereocenters. The van der Waals surface area contributed by atoms with E-state index >= 15 is 0 Å². The molecule has 2 amide bonds. The molecule has 5 rings (SSSR count). The second-order valence-corrected chi connectivity index (χ2v) is 10.6. The molecule has 0 spiro atoms.